The average molecular weight is 140 g/mol. The monoisotopic (exact) mass is 140 g/mol. The summed E-state index contributed by atoms with van der Waals surface area (Å²) in [5, 5.41) is 0. The molecule has 0 spiro atoms. The van der Waals surface area contributed by atoms with Gasteiger partial charge in [0.1, 0.15) is 5.84 Å². The van der Waals surface area contributed by atoms with Crippen LogP contribution >= 0.6 is 0 Å². The molecule has 10 heavy (non-hydrogen) atoms. The summed E-state index contributed by atoms with van der Waals surface area (Å²) in [7, 11) is 0. The summed E-state index contributed by atoms with van der Waals surface area (Å²) in [5.41, 5.74) is 0. The van der Waals surface area contributed by atoms with Crippen LogP contribution in [0.3, 0.4) is 0 Å². The molecule has 0 amide bonds. The van der Waals surface area contributed by atoms with E-state index in [-0.39, 0.29) is 0 Å². The van der Waals surface area contributed by atoms with Gasteiger partial charge in [0.05, 0.1) is 0 Å². The van der Waals surface area contributed by atoms with E-state index in [9.17, 15) is 0 Å². The van der Waals surface area contributed by atoms with Crippen LogP contribution in [0.15, 0.2) is 9.98 Å². The van der Waals surface area contributed by atoms with Crippen LogP contribution in [-0.2, 0) is 0 Å². The van der Waals surface area contributed by atoms with Gasteiger partial charge in [0.2, 0.25) is 0 Å². The van der Waals surface area contributed by atoms with Crippen molar-refractivity contribution in [2.24, 2.45) is 9.98 Å². The smallest absolute Gasteiger partial charge is 0.119 e. The highest BCUT2D eigenvalue weighted by atomic mass is 14.9. The van der Waals surface area contributed by atoms with E-state index < -0.39 is 0 Å². The maximum Gasteiger partial charge on any atom is 0.119 e. The van der Waals surface area contributed by atoms with Gasteiger partial charge in [-0.25, -0.2) is 4.99 Å². The third-order valence-corrected chi connectivity index (χ3v) is 1.17. The molecule has 2 nitrogen and oxygen atoms in total. The molecule has 0 N–H and O–H groups in total. The van der Waals surface area contributed by atoms with Gasteiger partial charge >= 0.3 is 0 Å². The van der Waals surface area contributed by atoms with Crippen LogP contribution in [0.1, 0.15) is 33.6 Å². The lowest BCUT2D eigenvalue weighted by Gasteiger charge is -1.91. The molecule has 0 heterocycles. The summed E-state index contributed by atoms with van der Waals surface area (Å²) in [6, 6.07) is 0. The highest BCUT2D eigenvalue weighted by Crippen LogP contribution is 1.88. The Hall–Kier alpha value is -0.660. The molecule has 0 radical (unpaired) electrons. The predicted molar refractivity (Wildman–Crippen MR) is 47.1 cm³/mol. The lowest BCUT2D eigenvalue weighted by Crippen LogP contribution is -1.88. The van der Waals surface area contributed by atoms with Crippen LogP contribution < -0.4 is 0 Å². The quantitative estimate of drug-likeness (QED) is 0.326. The zero-order valence-corrected chi connectivity index (χ0v) is 7.09. The average Bonchev–Trinajstić information content (AvgIpc) is 1.89. The van der Waals surface area contributed by atoms with Gasteiger partial charge in [0.15, 0.2) is 0 Å². The Morgan fingerprint density at radius 2 is 2.20 bits per heavy atom. The van der Waals surface area contributed by atoms with E-state index in [0.29, 0.717) is 0 Å². The van der Waals surface area contributed by atoms with Gasteiger partial charge in [-0.1, -0.05) is 13.3 Å². The molecule has 0 bridgehead atoms. The highest BCUT2D eigenvalue weighted by molar-refractivity contribution is 5.86. The molecule has 0 fully saturated rings. The van der Waals surface area contributed by atoms with Crippen molar-refractivity contribution in [3.05, 3.63) is 0 Å². The standard InChI is InChI=1S/C8H16N2/c1-4-6-7-10-8(3)9-5-2/h5H,4,6-7H2,1-3H3. The lowest BCUT2D eigenvalue weighted by molar-refractivity contribution is 0.807. The number of aliphatic imine (C=N–C) groups is 2. The van der Waals surface area contributed by atoms with E-state index in [1.165, 1.54) is 6.42 Å². The SMILES string of the molecule is CC=NC(C)=NCCCC. The molecule has 0 aliphatic rings. The van der Waals surface area contributed by atoms with Gasteiger partial charge in [-0.05, 0) is 20.3 Å². The second-order valence-electron chi connectivity index (χ2n) is 2.17. The Bertz CT molecular complexity index is 125. The van der Waals surface area contributed by atoms with Crippen LogP contribution in [0.4, 0.5) is 0 Å². The zero-order chi connectivity index (χ0) is 7.82. The summed E-state index contributed by atoms with van der Waals surface area (Å²) < 4.78 is 0. The van der Waals surface area contributed by atoms with Crippen molar-refractivity contribution in [2.75, 3.05) is 6.54 Å². The van der Waals surface area contributed by atoms with Gasteiger partial charge in [-0.15, -0.1) is 0 Å². The third kappa shape index (κ3) is 5.48. The van der Waals surface area contributed by atoms with Gasteiger partial charge in [0.25, 0.3) is 0 Å². The molecular weight excluding hydrogens is 124 g/mol. The summed E-state index contributed by atoms with van der Waals surface area (Å²) >= 11 is 0. The first kappa shape index (κ1) is 9.34. The molecule has 0 aliphatic heterocycles. The first-order valence-electron chi connectivity index (χ1n) is 3.81. The first-order valence-corrected chi connectivity index (χ1v) is 3.81. The van der Waals surface area contributed by atoms with Gasteiger partial charge < -0.3 is 0 Å². The number of nitrogens with zero attached hydrogens (tertiary/aromatic N) is 2. The molecule has 0 saturated carbocycles. The van der Waals surface area contributed by atoms with E-state index in [1.54, 1.807) is 6.21 Å². The minimum absolute atomic E-state index is 0.885. The number of hydrogen-bond acceptors (Lipinski definition) is 1. The number of unbranched alkanes of at least 4 members (excludes halogenated alkanes) is 1. The molecule has 0 atom stereocenters. The second kappa shape index (κ2) is 6.46. The summed E-state index contributed by atoms with van der Waals surface area (Å²) in [4.78, 5) is 8.24. The molecule has 0 unspecified atom stereocenters. The van der Waals surface area contributed by atoms with Crippen LogP contribution in [0, 0.1) is 0 Å². The molecule has 0 aromatic carbocycles. The van der Waals surface area contributed by atoms with Crippen molar-refractivity contribution in [3.8, 4) is 0 Å². The third-order valence-electron chi connectivity index (χ3n) is 1.17. The maximum atomic E-state index is 4.22. The number of amidine groups is 1. The van der Waals surface area contributed by atoms with Crippen molar-refractivity contribution < 1.29 is 0 Å². The first-order chi connectivity index (χ1) is 4.81. The van der Waals surface area contributed by atoms with Crippen LogP contribution in [0.5, 0.6) is 0 Å². The van der Waals surface area contributed by atoms with Crippen LogP contribution in [0.2, 0.25) is 0 Å². The normalized spacial score (nSPS) is 12.9. The lowest BCUT2D eigenvalue weighted by atomic mass is 10.3. The molecule has 0 aromatic heterocycles. The van der Waals surface area contributed by atoms with Gasteiger partial charge in [-0.3, -0.25) is 4.99 Å². The highest BCUT2D eigenvalue weighted by Gasteiger charge is 1.82. The fourth-order valence-electron chi connectivity index (χ4n) is 0.627. The van der Waals surface area contributed by atoms with Gasteiger partial charge in [0, 0.05) is 12.8 Å². The fourth-order valence-corrected chi connectivity index (χ4v) is 0.627. The Morgan fingerprint density at radius 3 is 2.70 bits per heavy atom. The minimum Gasteiger partial charge on any atom is -0.271 e. The topological polar surface area (TPSA) is 24.7 Å². The predicted octanol–water partition coefficient (Wildman–Crippen LogP) is 2.30. The Balaban J connectivity index is 3.47. The maximum absolute atomic E-state index is 4.22. The molecule has 58 valence electrons. The Morgan fingerprint density at radius 1 is 1.50 bits per heavy atom. The van der Waals surface area contributed by atoms with Crippen molar-refractivity contribution in [1.29, 1.82) is 0 Å². The minimum atomic E-state index is 0.885. The summed E-state index contributed by atoms with van der Waals surface area (Å²) in [5.74, 6) is 0.885. The fraction of sp³-hybridized carbons (Fsp3) is 0.750. The zero-order valence-electron chi connectivity index (χ0n) is 7.09. The van der Waals surface area contributed by atoms with E-state index >= 15 is 0 Å². The second-order valence-corrected chi connectivity index (χ2v) is 2.17. The molecule has 2 heteroatoms. The van der Waals surface area contributed by atoms with Crippen molar-refractivity contribution >= 4 is 12.1 Å². The Labute approximate surface area is 63.1 Å². The Kier molecular flexibility index (Phi) is 6.03. The summed E-state index contributed by atoms with van der Waals surface area (Å²) in [6.07, 6.45) is 4.13. The molecule has 0 aromatic rings. The van der Waals surface area contributed by atoms with Crippen LogP contribution in [0.25, 0.3) is 0 Å². The van der Waals surface area contributed by atoms with Gasteiger partial charge in [-0.2, -0.15) is 0 Å². The number of hydrogen-bond donors (Lipinski definition) is 0. The van der Waals surface area contributed by atoms with E-state index in [4.69, 9.17) is 0 Å². The van der Waals surface area contributed by atoms with Crippen molar-refractivity contribution in [3.63, 3.8) is 0 Å². The number of rotatable bonds is 3. The van der Waals surface area contributed by atoms with E-state index in [0.717, 1.165) is 18.8 Å². The summed E-state index contributed by atoms with van der Waals surface area (Å²) in [6.45, 7) is 6.90. The van der Waals surface area contributed by atoms with E-state index in [2.05, 4.69) is 16.9 Å². The largest absolute Gasteiger partial charge is 0.271 e. The van der Waals surface area contributed by atoms with Crippen molar-refractivity contribution in [1.82, 2.24) is 0 Å². The van der Waals surface area contributed by atoms with Crippen LogP contribution in [-0.4, -0.2) is 18.6 Å². The molecule has 0 aliphatic carbocycles. The molecule has 0 saturated heterocycles. The molecular formula is C8H16N2. The van der Waals surface area contributed by atoms with E-state index in [1.807, 2.05) is 13.8 Å². The van der Waals surface area contributed by atoms with Crippen molar-refractivity contribution in [2.45, 2.75) is 33.6 Å². The molecule has 0 rings (SSSR count).